The van der Waals surface area contributed by atoms with Crippen LogP contribution in [0.1, 0.15) is 19.2 Å². The molecule has 2 aromatic rings. The molecule has 0 atom stereocenters. The lowest BCUT2D eigenvalue weighted by Crippen LogP contribution is -1.95. The van der Waals surface area contributed by atoms with E-state index in [4.69, 9.17) is 10.3 Å². The quantitative estimate of drug-likeness (QED) is 0.504. The predicted octanol–water partition coefficient (Wildman–Crippen LogP) is 2.18. The molecule has 0 radical (unpaired) electrons. The van der Waals surface area contributed by atoms with Crippen LogP contribution in [0.5, 0.6) is 0 Å². The summed E-state index contributed by atoms with van der Waals surface area (Å²) in [7, 11) is 0. The first kappa shape index (κ1) is 12.0. The van der Waals surface area contributed by atoms with Crippen LogP contribution in [0, 0.1) is 10.1 Å². The molecule has 2 N–H and O–H groups in total. The Morgan fingerprint density at radius 3 is 2.94 bits per heavy atom. The van der Waals surface area contributed by atoms with Crippen molar-refractivity contribution in [3.05, 3.63) is 34.1 Å². The Labute approximate surface area is 103 Å². The van der Waals surface area contributed by atoms with Crippen molar-refractivity contribution in [1.29, 1.82) is 0 Å². The summed E-state index contributed by atoms with van der Waals surface area (Å²) in [6, 6.07) is 4.40. The zero-order valence-electron chi connectivity index (χ0n) is 9.79. The zero-order chi connectivity index (χ0) is 13.1. The first-order valence-corrected chi connectivity index (χ1v) is 5.48. The highest BCUT2D eigenvalue weighted by atomic mass is 16.6. The highest BCUT2D eigenvalue weighted by molar-refractivity contribution is 5.67. The summed E-state index contributed by atoms with van der Waals surface area (Å²) in [6.45, 7) is 2.00. The third kappa shape index (κ3) is 2.29. The van der Waals surface area contributed by atoms with E-state index in [1.165, 1.54) is 12.1 Å². The highest BCUT2D eigenvalue weighted by Crippen LogP contribution is 2.27. The number of nitrogens with two attached hydrogens (primary N) is 1. The largest absolute Gasteiger partial charge is 0.393 e. The van der Waals surface area contributed by atoms with Gasteiger partial charge in [-0.2, -0.15) is 4.98 Å². The lowest BCUT2D eigenvalue weighted by Gasteiger charge is -1.98. The molecule has 0 amide bonds. The number of rotatable bonds is 4. The van der Waals surface area contributed by atoms with Crippen LogP contribution in [0.25, 0.3) is 11.5 Å². The molecule has 0 aliphatic rings. The molecule has 1 aromatic heterocycles. The number of aryl methyl sites for hydroxylation is 1. The number of hydrogen-bond acceptors (Lipinski definition) is 6. The molecule has 0 aliphatic heterocycles. The lowest BCUT2D eigenvalue weighted by atomic mass is 10.2. The van der Waals surface area contributed by atoms with E-state index in [0.717, 1.165) is 6.42 Å². The Morgan fingerprint density at radius 1 is 1.50 bits per heavy atom. The molecule has 94 valence electrons. The molecule has 18 heavy (non-hydrogen) atoms. The monoisotopic (exact) mass is 248 g/mol. The Balaban J connectivity index is 2.38. The summed E-state index contributed by atoms with van der Waals surface area (Å²) in [5.74, 6) is 0.855. The minimum Gasteiger partial charge on any atom is -0.393 e. The zero-order valence-corrected chi connectivity index (χ0v) is 9.79. The SMILES string of the molecule is CCCc1noc(-c2ccc(N)c([N+](=O)[O-])c2)n1. The minimum atomic E-state index is -0.540. The summed E-state index contributed by atoms with van der Waals surface area (Å²) in [6.07, 6.45) is 1.61. The van der Waals surface area contributed by atoms with Crippen LogP contribution >= 0.6 is 0 Å². The van der Waals surface area contributed by atoms with Crippen molar-refractivity contribution in [3.63, 3.8) is 0 Å². The summed E-state index contributed by atoms with van der Waals surface area (Å²) in [5.41, 5.74) is 5.95. The van der Waals surface area contributed by atoms with Gasteiger partial charge in [0.05, 0.1) is 4.92 Å². The fourth-order valence-corrected chi connectivity index (χ4v) is 1.53. The van der Waals surface area contributed by atoms with Crippen molar-refractivity contribution in [2.45, 2.75) is 19.8 Å². The van der Waals surface area contributed by atoms with Crippen LogP contribution in [0.4, 0.5) is 11.4 Å². The lowest BCUT2D eigenvalue weighted by molar-refractivity contribution is -0.383. The van der Waals surface area contributed by atoms with Gasteiger partial charge >= 0.3 is 0 Å². The van der Waals surface area contributed by atoms with Gasteiger partial charge in [-0.05, 0) is 18.6 Å². The third-order valence-corrected chi connectivity index (χ3v) is 2.42. The highest BCUT2D eigenvalue weighted by Gasteiger charge is 2.16. The van der Waals surface area contributed by atoms with Crippen LogP contribution in [0.3, 0.4) is 0 Å². The van der Waals surface area contributed by atoms with Crippen LogP contribution in [-0.2, 0) is 6.42 Å². The first-order chi connectivity index (χ1) is 8.61. The van der Waals surface area contributed by atoms with Crippen LogP contribution < -0.4 is 5.73 Å². The minimum absolute atomic E-state index is 0.108. The van der Waals surface area contributed by atoms with Gasteiger partial charge in [-0.1, -0.05) is 12.1 Å². The number of nitrogen functional groups attached to an aromatic ring is 1. The maximum atomic E-state index is 10.8. The average Bonchev–Trinajstić information content (AvgIpc) is 2.78. The van der Waals surface area contributed by atoms with Gasteiger partial charge in [-0.15, -0.1) is 0 Å². The summed E-state index contributed by atoms with van der Waals surface area (Å²) in [4.78, 5) is 14.4. The van der Waals surface area contributed by atoms with Crippen LogP contribution in [-0.4, -0.2) is 15.1 Å². The van der Waals surface area contributed by atoms with Crippen molar-refractivity contribution in [2.24, 2.45) is 0 Å². The van der Waals surface area contributed by atoms with E-state index in [0.29, 0.717) is 17.8 Å². The molecular formula is C11H12N4O3. The van der Waals surface area contributed by atoms with E-state index in [1.807, 2.05) is 6.92 Å². The molecule has 0 bridgehead atoms. The summed E-state index contributed by atoms with van der Waals surface area (Å²) in [5, 5.41) is 14.6. The maximum absolute atomic E-state index is 10.8. The Bertz CT molecular complexity index is 579. The molecule has 1 heterocycles. The number of nitrogens with zero attached hydrogens (tertiary/aromatic N) is 3. The van der Waals surface area contributed by atoms with E-state index in [9.17, 15) is 10.1 Å². The molecule has 2 rings (SSSR count). The molecule has 1 aromatic carbocycles. The van der Waals surface area contributed by atoms with E-state index in [2.05, 4.69) is 10.1 Å². The second kappa shape index (κ2) is 4.82. The van der Waals surface area contributed by atoms with E-state index < -0.39 is 4.92 Å². The second-order valence-corrected chi connectivity index (χ2v) is 3.80. The van der Waals surface area contributed by atoms with Gasteiger partial charge in [0.1, 0.15) is 5.69 Å². The topological polar surface area (TPSA) is 108 Å². The average molecular weight is 248 g/mol. The van der Waals surface area contributed by atoms with Crippen molar-refractivity contribution in [3.8, 4) is 11.5 Å². The maximum Gasteiger partial charge on any atom is 0.292 e. The Kier molecular flexibility index (Phi) is 3.22. The van der Waals surface area contributed by atoms with Gasteiger partial charge in [-0.25, -0.2) is 0 Å². The van der Waals surface area contributed by atoms with Crippen LogP contribution in [0.2, 0.25) is 0 Å². The molecule has 0 fully saturated rings. The molecule has 7 nitrogen and oxygen atoms in total. The smallest absolute Gasteiger partial charge is 0.292 e. The normalized spacial score (nSPS) is 10.5. The first-order valence-electron chi connectivity index (χ1n) is 5.48. The fraction of sp³-hybridized carbons (Fsp3) is 0.273. The molecule has 0 spiro atoms. The van der Waals surface area contributed by atoms with Gasteiger partial charge < -0.3 is 10.3 Å². The fourth-order valence-electron chi connectivity index (χ4n) is 1.53. The van der Waals surface area contributed by atoms with Crippen molar-refractivity contribution in [1.82, 2.24) is 10.1 Å². The number of anilines is 1. The number of benzene rings is 1. The number of nitro groups is 1. The van der Waals surface area contributed by atoms with Gasteiger partial charge in [0, 0.05) is 18.1 Å². The van der Waals surface area contributed by atoms with E-state index >= 15 is 0 Å². The molecule has 0 saturated carbocycles. The van der Waals surface area contributed by atoms with Crippen molar-refractivity contribution < 1.29 is 9.45 Å². The van der Waals surface area contributed by atoms with Crippen molar-refractivity contribution >= 4 is 11.4 Å². The summed E-state index contributed by atoms with van der Waals surface area (Å²) < 4.78 is 5.05. The number of nitro benzene ring substituents is 1. The Hall–Kier alpha value is -2.44. The van der Waals surface area contributed by atoms with E-state index in [-0.39, 0.29) is 17.3 Å². The van der Waals surface area contributed by atoms with Gasteiger partial charge in [0.15, 0.2) is 5.82 Å². The molecule has 0 unspecified atom stereocenters. The molecular weight excluding hydrogens is 236 g/mol. The third-order valence-electron chi connectivity index (χ3n) is 2.42. The van der Waals surface area contributed by atoms with E-state index in [1.54, 1.807) is 6.07 Å². The number of hydrogen-bond donors (Lipinski definition) is 1. The van der Waals surface area contributed by atoms with Crippen LogP contribution in [0.15, 0.2) is 22.7 Å². The van der Waals surface area contributed by atoms with Gasteiger partial charge in [-0.3, -0.25) is 10.1 Å². The Morgan fingerprint density at radius 2 is 2.28 bits per heavy atom. The number of aromatic nitrogens is 2. The standard InChI is InChI=1S/C11H12N4O3/c1-2-3-10-13-11(18-14-10)7-4-5-8(12)9(6-7)15(16)17/h4-6H,2-3,12H2,1H3. The second-order valence-electron chi connectivity index (χ2n) is 3.80. The van der Waals surface area contributed by atoms with Gasteiger partial charge in [0.25, 0.3) is 11.6 Å². The van der Waals surface area contributed by atoms with Crippen molar-refractivity contribution in [2.75, 3.05) is 5.73 Å². The molecule has 7 heteroatoms. The molecule has 0 aliphatic carbocycles. The summed E-state index contributed by atoms with van der Waals surface area (Å²) >= 11 is 0. The van der Waals surface area contributed by atoms with Gasteiger partial charge in [0.2, 0.25) is 0 Å². The predicted molar refractivity (Wildman–Crippen MR) is 64.8 cm³/mol. The molecule has 0 saturated heterocycles.